The van der Waals surface area contributed by atoms with E-state index in [1.54, 1.807) is 24.3 Å². The van der Waals surface area contributed by atoms with Crippen LogP contribution >= 0.6 is 0 Å². The molecule has 7 nitrogen and oxygen atoms in total. The average molecular weight is 504 g/mol. The van der Waals surface area contributed by atoms with Crippen molar-refractivity contribution in [2.24, 2.45) is 11.8 Å². The predicted octanol–water partition coefficient (Wildman–Crippen LogP) is 3.26. The molecule has 0 bridgehead atoms. The lowest BCUT2D eigenvalue weighted by atomic mass is 9.70. The van der Waals surface area contributed by atoms with Gasteiger partial charge in [-0.2, -0.15) is 4.31 Å². The summed E-state index contributed by atoms with van der Waals surface area (Å²) in [5, 5.41) is 0. The van der Waals surface area contributed by atoms with Gasteiger partial charge in [0, 0.05) is 37.3 Å². The molecule has 35 heavy (non-hydrogen) atoms. The van der Waals surface area contributed by atoms with E-state index >= 15 is 0 Å². The molecule has 8 heteroatoms. The number of sulfonamides is 1. The van der Waals surface area contributed by atoms with Gasteiger partial charge in [0.05, 0.1) is 18.1 Å². The van der Waals surface area contributed by atoms with Crippen LogP contribution in [0.2, 0.25) is 0 Å². The van der Waals surface area contributed by atoms with E-state index in [2.05, 4.69) is 9.80 Å². The summed E-state index contributed by atoms with van der Waals surface area (Å²) >= 11 is 0. The molecule has 0 aromatic heterocycles. The summed E-state index contributed by atoms with van der Waals surface area (Å²) in [5.74, 6) is 0.791. The van der Waals surface area contributed by atoms with Crippen LogP contribution in [0, 0.1) is 11.8 Å². The zero-order chi connectivity index (χ0) is 24.4. The van der Waals surface area contributed by atoms with Crippen LogP contribution in [-0.4, -0.2) is 92.9 Å². The van der Waals surface area contributed by atoms with Crippen molar-refractivity contribution in [3.8, 4) is 0 Å². The lowest BCUT2D eigenvalue weighted by Gasteiger charge is -2.57. The summed E-state index contributed by atoms with van der Waals surface area (Å²) in [4.78, 5) is 17.2. The van der Waals surface area contributed by atoms with Crippen molar-refractivity contribution in [3.63, 3.8) is 0 Å². The van der Waals surface area contributed by atoms with E-state index in [1.807, 2.05) is 4.31 Å². The molecule has 4 aliphatic rings. The van der Waals surface area contributed by atoms with E-state index in [4.69, 9.17) is 4.74 Å². The summed E-state index contributed by atoms with van der Waals surface area (Å²) in [6.45, 7) is 9.18. The molecular formula is C27H41N3O4S. The molecule has 0 aliphatic carbocycles. The summed E-state index contributed by atoms with van der Waals surface area (Å²) in [6.07, 6.45) is 7.65. The number of unbranched alkanes of at least 4 members (excludes halogenated alkanes) is 1. The van der Waals surface area contributed by atoms with Gasteiger partial charge in [0.1, 0.15) is 0 Å². The minimum atomic E-state index is -3.62. The second-order valence-electron chi connectivity index (χ2n) is 10.9. The van der Waals surface area contributed by atoms with Crippen molar-refractivity contribution >= 4 is 15.8 Å². The Balaban J connectivity index is 1.36. The van der Waals surface area contributed by atoms with Crippen LogP contribution in [0.25, 0.3) is 0 Å². The monoisotopic (exact) mass is 503 g/mol. The summed E-state index contributed by atoms with van der Waals surface area (Å²) < 4.78 is 35.4. The molecule has 1 aromatic rings. The van der Waals surface area contributed by atoms with Gasteiger partial charge < -0.3 is 4.74 Å². The van der Waals surface area contributed by atoms with Crippen LogP contribution in [-0.2, 0) is 14.8 Å². The Kier molecular flexibility index (Phi) is 7.94. The molecular weight excluding hydrogens is 462 g/mol. The molecule has 0 N–H and O–H groups in total. The second kappa shape index (κ2) is 11.0. The van der Waals surface area contributed by atoms with E-state index in [0.29, 0.717) is 34.9 Å². The smallest absolute Gasteiger partial charge is 0.243 e. The van der Waals surface area contributed by atoms with Crippen LogP contribution in [0.1, 0.15) is 62.2 Å². The zero-order valence-corrected chi connectivity index (χ0v) is 21.9. The predicted molar refractivity (Wildman–Crippen MR) is 136 cm³/mol. The van der Waals surface area contributed by atoms with Crippen molar-refractivity contribution in [2.45, 2.75) is 68.8 Å². The van der Waals surface area contributed by atoms with Gasteiger partial charge >= 0.3 is 0 Å². The third-order valence-corrected chi connectivity index (χ3v) is 10.7. The minimum Gasteiger partial charge on any atom is -0.379 e. The molecule has 4 heterocycles. The fourth-order valence-electron chi connectivity index (χ4n) is 7.10. The number of hydrogen-bond donors (Lipinski definition) is 0. The molecule has 0 unspecified atom stereocenters. The normalized spacial score (nSPS) is 30.7. The number of nitrogens with zero attached hydrogens (tertiary/aromatic N) is 3. The first-order chi connectivity index (χ1) is 16.9. The lowest BCUT2D eigenvalue weighted by molar-refractivity contribution is -0.0526. The number of carbonyl (C=O) groups excluding carboxylic acids is 1. The lowest BCUT2D eigenvalue weighted by Crippen LogP contribution is -2.65. The fraction of sp³-hybridized carbons (Fsp3) is 0.741. The van der Waals surface area contributed by atoms with Gasteiger partial charge in [0.15, 0.2) is 5.78 Å². The highest BCUT2D eigenvalue weighted by Crippen LogP contribution is 2.45. The molecule has 0 spiro atoms. The number of morpholine rings is 1. The van der Waals surface area contributed by atoms with Gasteiger partial charge in [-0.1, -0.05) is 18.6 Å². The number of Topliss-reactive ketones (excluding diaryl/α,β-unsaturated/α-hetero) is 1. The molecule has 194 valence electrons. The van der Waals surface area contributed by atoms with Crippen LogP contribution in [0.4, 0.5) is 0 Å². The number of rotatable bonds is 8. The summed E-state index contributed by atoms with van der Waals surface area (Å²) in [7, 11) is -3.62. The highest BCUT2D eigenvalue weighted by Gasteiger charge is 2.51. The van der Waals surface area contributed by atoms with E-state index < -0.39 is 10.0 Å². The Morgan fingerprint density at radius 2 is 1.71 bits per heavy atom. The maximum absolute atomic E-state index is 14.0. The van der Waals surface area contributed by atoms with Gasteiger partial charge in [-0.15, -0.1) is 0 Å². The van der Waals surface area contributed by atoms with Crippen molar-refractivity contribution in [1.82, 2.24) is 14.1 Å². The quantitative estimate of drug-likeness (QED) is 0.401. The largest absolute Gasteiger partial charge is 0.379 e. The molecule has 4 saturated heterocycles. The van der Waals surface area contributed by atoms with Crippen LogP contribution in [0.3, 0.4) is 0 Å². The molecule has 0 radical (unpaired) electrons. The highest BCUT2D eigenvalue weighted by molar-refractivity contribution is 7.89. The van der Waals surface area contributed by atoms with E-state index in [1.165, 1.54) is 32.9 Å². The molecule has 0 amide bonds. The van der Waals surface area contributed by atoms with Crippen LogP contribution < -0.4 is 0 Å². The third-order valence-electron chi connectivity index (χ3n) is 8.82. The van der Waals surface area contributed by atoms with Gasteiger partial charge in [-0.25, -0.2) is 8.42 Å². The third kappa shape index (κ3) is 5.37. The highest BCUT2D eigenvalue weighted by atomic mass is 32.2. The average Bonchev–Trinajstić information content (AvgIpc) is 2.88. The first-order valence-corrected chi connectivity index (χ1v) is 15.1. The Morgan fingerprint density at radius 3 is 2.43 bits per heavy atom. The molecule has 5 rings (SSSR count). The number of benzene rings is 1. The number of ether oxygens (including phenoxy) is 1. The Labute approximate surface area is 210 Å². The maximum Gasteiger partial charge on any atom is 0.243 e. The summed E-state index contributed by atoms with van der Waals surface area (Å²) in [6, 6.07) is 7.15. The van der Waals surface area contributed by atoms with Gasteiger partial charge in [0.25, 0.3) is 0 Å². The van der Waals surface area contributed by atoms with E-state index in [-0.39, 0.29) is 11.8 Å². The molecule has 4 fully saturated rings. The topological polar surface area (TPSA) is 70.2 Å². The van der Waals surface area contributed by atoms with Crippen LogP contribution in [0.15, 0.2) is 29.2 Å². The number of carbonyl (C=O) groups is 1. The Hall–Kier alpha value is -1.32. The maximum atomic E-state index is 14.0. The molecule has 0 saturated carbocycles. The van der Waals surface area contributed by atoms with Crippen molar-refractivity contribution in [3.05, 3.63) is 29.8 Å². The summed E-state index contributed by atoms with van der Waals surface area (Å²) in [5.41, 5.74) is 0.553. The van der Waals surface area contributed by atoms with E-state index in [0.717, 1.165) is 65.0 Å². The number of ketones is 1. The van der Waals surface area contributed by atoms with E-state index in [9.17, 15) is 13.2 Å². The zero-order valence-electron chi connectivity index (χ0n) is 21.1. The second-order valence-corrected chi connectivity index (χ2v) is 12.8. The molecule has 4 atom stereocenters. The van der Waals surface area contributed by atoms with Gasteiger partial charge in [0.2, 0.25) is 10.0 Å². The molecule has 4 aliphatic heterocycles. The molecule has 1 aromatic carbocycles. The van der Waals surface area contributed by atoms with Gasteiger partial charge in [-0.3, -0.25) is 14.6 Å². The minimum absolute atomic E-state index is 0.0441. The Bertz CT molecular complexity index is 975. The van der Waals surface area contributed by atoms with Gasteiger partial charge in [-0.05, 0) is 89.1 Å². The number of hydrogen-bond acceptors (Lipinski definition) is 6. The van der Waals surface area contributed by atoms with Crippen molar-refractivity contribution < 1.29 is 17.9 Å². The first-order valence-electron chi connectivity index (χ1n) is 13.6. The first kappa shape index (κ1) is 25.3. The van der Waals surface area contributed by atoms with Crippen LogP contribution in [0.5, 0.6) is 0 Å². The SMILES string of the molecule is CC(=O)c1ccc(S(=O)(=O)N2C[C@@H]3CCCN4CCC[C@@H]([C@H]34)[C@H]2CCCCN2CCOCC2)cc1. The van der Waals surface area contributed by atoms with Crippen molar-refractivity contribution in [2.75, 3.05) is 52.5 Å². The van der Waals surface area contributed by atoms with Crippen molar-refractivity contribution in [1.29, 1.82) is 0 Å². The number of piperidine rings is 3. The fourth-order valence-corrected chi connectivity index (χ4v) is 8.86. The standard InChI is InChI=1S/C27H41N3O4S/c1-21(31)22-9-11-24(12-10-22)35(32,33)30-20-23-6-4-14-29-15-5-7-25(27(23)29)26(30)8-2-3-13-28-16-18-34-19-17-28/h9-12,23,25-27H,2-8,13-20H2,1H3/t23-,25+,26+,27-/m0/s1. The Morgan fingerprint density at radius 1 is 1.00 bits per heavy atom.